The fraction of sp³-hybridized carbons (Fsp3) is 0.125. The van der Waals surface area contributed by atoms with Gasteiger partial charge >= 0.3 is 0 Å². The molecule has 0 bridgehead atoms. The van der Waals surface area contributed by atoms with Crippen LogP contribution in [-0.4, -0.2) is 0 Å². The van der Waals surface area contributed by atoms with Gasteiger partial charge in [-0.1, -0.05) is 58.4 Å². The first-order valence-corrected chi connectivity index (χ1v) is 7.38. The molecule has 0 radical (unpaired) electrons. The molecule has 1 heterocycles. The lowest BCUT2D eigenvalue weighted by Crippen LogP contribution is -1.94. The SMILES string of the molecule is Clc1occc1C(Br)Cc1ccc2ccccc2c1. The van der Waals surface area contributed by atoms with Crippen LogP contribution >= 0.6 is 27.5 Å². The second kappa shape index (κ2) is 5.40. The van der Waals surface area contributed by atoms with Crippen LogP contribution in [0.2, 0.25) is 5.22 Å². The molecule has 1 aromatic heterocycles. The predicted octanol–water partition coefficient (Wildman–Crippen LogP) is 5.76. The van der Waals surface area contributed by atoms with Crippen LogP contribution in [0.3, 0.4) is 0 Å². The molecule has 0 aliphatic heterocycles. The number of halogens is 2. The van der Waals surface area contributed by atoms with Gasteiger partial charge < -0.3 is 4.42 Å². The summed E-state index contributed by atoms with van der Waals surface area (Å²) in [5, 5.41) is 2.99. The number of alkyl halides is 1. The Balaban J connectivity index is 1.87. The number of hydrogen-bond donors (Lipinski definition) is 0. The molecule has 1 atom stereocenters. The van der Waals surface area contributed by atoms with E-state index in [-0.39, 0.29) is 4.83 Å². The first-order chi connectivity index (χ1) is 9.24. The highest BCUT2D eigenvalue weighted by atomic mass is 79.9. The van der Waals surface area contributed by atoms with E-state index in [1.807, 2.05) is 6.07 Å². The highest BCUT2D eigenvalue weighted by Crippen LogP contribution is 2.33. The van der Waals surface area contributed by atoms with Crippen molar-refractivity contribution in [1.29, 1.82) is 0 Å². The minimum Gasteiger partial charge on any atom is -0.453 e. The molecular weight excluding hydrogens is 324 g/mol. The van der Waals surface area contributed by atoms with Gasteiger partial charge in [0.15, 0.2) is 5.22 Å². The van der Waals surface area contributed by atoms with E-state index in [9.17, 15) is 0 Å². The predicted molar refractivity (Wildman–Crippen MR) is 83.0 cm³/mol. The average molecular weight is 336 g/mol. The van der Waals surface area contributed by atoms with Gasteiger partial charge in [0.05, 0.1) is 6.26 Å². The summed E-state index contributed by atoms with van der Waals surface area (Å²) >= 11 is 9.67. The largest absolute Gasteiger partial charge is 0.453 e. The number of furan rings is 1. The Morgan fingerprint density at radius 2 is 1.84 bits per heavy atom. The van der Waals surface area contributed by atoms with Crippen molar-refractivity contribution in [2.24, 2.45) is 0 Å². The van der Waals surface area contributed by atoms with Crippen LogP contribution in [0.25, 0.3) is 10.8 Å². The monoisotopic (exact) mass is 334 g/mol. The molecule has 1 unspecified atom stereocenters. The maximum Gasteiger partial charge on any atom is 0.197 e. The number of rotatable bonds is 3. The minimum atomic E-state index is 0.167. The minimum absolute atomic E-state index is 0.167. The zero-order valence-electron chi connectivity index (χ0n) is 10.1. The molecule has 96 valence electrons. The third-order valence-electron chi connectivity index (χ3n) is 3.21. The molecule has 0 saturated heterocycles. The maximum absolute atomic E-state index is 6.00. The average Bonchev–Trinajstić information content (AvgIpc) is 2.85. The zero-order chi connectivity index (χ0) is 13.2. The Hall–Kier alpha value is -1.25. The zero-order valence-corrected chi connectivity index (χ0v) is 12.5. The van der Waals surface area contributed by atoms with E-state index < -0.39 is 0 Å². The Morgan fingerprint density at radius 3 is 2.58 bits per heavy atom. The number of benzene rings is 2. The lowest BCUT2D eigenvalue weighted by Gasteiger charge is -2.09. The Morgan fingerprint density at radius 1 is 1.05 bits per heavy atom. The summed E-state index contributed by atoms with van der Waals surface area (Å²) in [5.41, 5.74) is 2.27. The third-order valence-corrected chi connectivity index (χ3v) is 4.34. The normalized spacial score (nSPS) is 12.7. The summed E-state index contributed by atoms with van der Waals surface area (Å²) in [4.78, 5) is 0.167. The topological polar surface area (TPSA) is 13.1 Å². The lowest BCUT2D eigenvalue weighted by atomic mass is 10.0. The van der Waals surface area contributed by atoms with E-state index in [1.165, 1.54) is 16.3 Å². The first-order valence-electron chi connectivity index (χ1n) is 6.08. The van der Waals surface area contributed by atoms with Crippen LogP contribution in [0.5, 0.6) is 0 Å². The Labute approximate surface area is 125 Å². The van der Waals surface area contributed by atoms with Gasteiger partial charge in [-0.2, -0.15) is 0 Å². The van der Waals surface area contributed by atoms with Crippen molar-refractivity contribution in [1.82, 2.24) is 0 Å². The fourth-order valence-corrected chi connectivity index (χ4v) is 3.32. The molecule has 0 spiro atoms. The smallest absolute Gasteiger partial charge is 0.197 e. The molecule has 1 nitrogen and oxygen atoms in total. The second-order valence-electron chi connectivity index (χ2n) is 4.50. The standard InChI is InChI=1S/C16H12BrClO/c17-15(14-7-8-19-16(14)18)10-11-5-6-12-3-1-2-4-13(12)9-11/h1-9,15H,10H2. The second-order valence-corrected chi connectivity index (χ2v) is 5.95. The molecule has 0 amide bonds. The van der Waals surface area contributed by atoms with Crippen LogP contribution in [0.15, 0.2) is 59.2 Å². The van der Waals surface area contributed by atoms with Crippen molar-refractivity contribution in [2.75, 3.05) is 0 Å². The summed E-state index contributed by atoms with van der Waals surface area (Å²) in [5.74, 6) is 0. The van der Waals surface area contributed by atoms with Gasteiger partial charge in [0.1, 0.15) is 0 Å². The Bertz CT molecular complexity index is 705. The highest BCUT2D eigenvalue weighted by molar-refractivity contribution is 9.09. The summed E-state index contributed by atoms with van der Waals surface area (Å²) in [7, 11) is 0. The van der Waals surface area contributed by atoms with Crippen molar-refractivity contribution < 1.29 is 4.42 Å². The summed E-state index contributed by atoms with van der Waals surface area (Å²) in [6, 6.07) is 16.8. The van der Waals surface area contributed by atoms with E-state index in [2.05, 4.69) is 58.4 Å². The van der Waals surface area contributed by atoms with Crippen molar-refractivity contribution in [3.63, 3.8) is 0 Å². The molecule has 3 aromatic rings. The molecule has 3 heteroatoms. The van der Waals surface area contributed by atoms with Gasteiger partial charge in [0.2, 0.25) is 0 Å². The van der Waals surface area contributed by atoms with Gasteiger partial charge in [-0.05, 0) is 40.4 Å². The third kappa shape index (κ3) is 2.70. The molecule has 2 aromatic carbocycles. The van der Waals surface area contributed by atoms with Gasteiger partial charge in [-0.3, -0.25) is 0 Å². The van der Waals surface area contributed by atoms with Gasteiger partial charge in [-0.25, -0.2) is 0 Å². The van der Waals surface area contributed by atoms with Gasteiger partial charge in [-0.15, -0.1) is 0 Å². The van der Waals surface area contributed by atoms with E-state index in [4.69, 9.17) is 16.0 Å². The summed E-state index contributed by atoms with van der Waals surface area (Å²) in [6.07, 6.45) is 2.50. The van der Waals surface area contributed by atoms with Crippen LogP contribution in [0.4, 0.5) is 0 Å². The van der Waals surface area contributed by atoms with Crippen molar-refractivity contribution in [3.05, 3.63) is 71.1 Å². The van der Waals surface area contributed by atoms with Crippen molar-refractivity contribution in [3.8, 4) is 0 Å². The first kappa shape index (κ1) is 12.8. The van der Waals surface area contributed by atoms with Crippen LogP contribution in [-0.2, 0) is 6.42 Å². The summed E-state index contributed by atoms with van der Waals surface area (Å²) < 4.78 is 5.13. The molecule has 0 aliphatic rings. The lowest BCUT2D eigenvalue weighted by molar-refractivity contribution is 0.565. The van der Waals surface area contributed by atoms with E-state index in [0.29, 0.717) is 5.22 Å². The van der Waals surface area contributed by atoms with Gasteiger partial charge in [0.25, 0.3) is 0 Å². The Kier molecular flexibility index (Phi) is 3.63. The molecular formula is C16H12BrClO. The molecule has 0 saturated carbocycles. The summed E-state index contributed by atoms with van der Waals surface area (Å²) in [6.45, 7) is 0. The van der Waals surface area contributed by atoms with E-state index in [0.717, 1.165) is 12.0 Å². The van der Waals surface area contributed by atoms with E-state index in [1.54, 1.807) is 6.26 Å². The molecule has 3 rings (SSSR count). The van der Waals surface area contributed by atoms with Crippen LogP contribution in [0, 0.1) is 0 Å². The van der Waals surface area contributed by atoms with Crippen LogP contribution < -0.4 is 0 Å². The van der Waals surface area contributed by atoms with E-state index >= 15 is 0 Å². The number of fused-ring (bicyclic) bond motifs is 1. The highest BCUT2D eigenvalue weighted by Gasteiger charge is 2.14. The molecule has 0 aliphatic carbocycles. The maximum atomic E-state index is 6.00. The molecule has 0 fully saturated rings. The van der Waals surface area contributed by atoms with Gasteiger partial charge in [0, 0.05) is 10.4 Å². The quantitative estimate of drug-likeness (QED) is 0.554. The van der Waals surface area contributed by atoms with Crippen molar-refractivity contribution >= 4 is 38.3 Å². The molecule has 0 N–H and O–H groups in total. The van der Waals surface area contributed by atoms with Crippen LogP contribution in [0.1, 0.15) is 16.0 Å². The molecule has 19 heavy (non-hydrogen) atoms. The number of hydrogen-bond acceptors (Lipinski definition) is 1. The van der Waals surface area contributed by atoms with Crippen molar-refractivity contribution in [2.45, 2.75) is 11.2 Å². The fourth-order valence-electron chi connectivity index (χ4n) is 2.21.